The number of rotatable bonds is 2. The van der Waals surface area contributed by atoms with Gasteiger partial charge >= 0.3 is 5.97 Å². The molecular weight excluding hydrogens is 218 g/mol. The van der Waals surface area contributed by atoms with E-state index in [1.807, 2.05) is 13.8 Å². The van der Waals surface area contributed by atoms with Crippen LogP contribution in [0.4, 0.5) is 0 Å². The minimum absolute atomic E-state index is 0.129. The lowest BCUT2D eigenvalue weighted by Gasteiger charge is -2.09. The summed E-state index contributed by atoms with van der Waals surface area (Å²) < 4.78 is 0. The highest BCUT2D eigenvalue weighted by molar-refractivity contribution is 5.95. The van der Waals surface area contributed by atoms with Crippen LogP contribution in [0.25, 0.3) is 10.8 Å². The highest BCUT2D eigenvalue weighted by atomic mass is 16.4. The maximum absolute atomic E-state index is 11.7. The van der Waals surface area contributed by atoms with Gasteiger partial charge in [0.25, 0.3) is 5.56 Å². The van der Waals surface area contributed by atoms with Gasteiger partial charge in [-0.3, -0.25) is 4.79 Å². The molecule has 4 nitrogen and oxygen atoms in total. The highest BCUT2D eigenvalue weighted by Gasteiger charge is 2.10. The van der Waals surface area contributed by atoms with Crippen molar-refractivity contribution in [1.29, 1.82) is 0 Å². The van der Waals surface area contributed by atoms with Crippen molar-refractivity contribution in [3.8, 4) is 0 Å². The molecule has 0 atom stereocenters. The average Bonchev–Trinajstić information content (AvgIpc) is 2.28. The molecule has 0 saturated carbocycles. The Morgan fingerprint density at radius 2 is 2.00 bits per heavy atom. The second kappa shape index (κ2) is 4.05. The Morgan fingerprint density at radius 1 is 1.29 bits per heavy atom. The Hall–Kier alpha value is -2.10. The molecule has 1 heterocycles. The molecule has 2 rings (SSSR count). The maximum Gasteiger partial charge on any atom is 0.335 e. The third kappa shape index (κ3) is 1.93. The quantitative estimate of drug-likeness (QED) is 0.833. The molecule has 2 N–H and O–H groups in total. The van der Waals surface area contributed by atoms with Crippen LogP contribution in [0, 0.1) is 0 Å². The van der Waals surface area contributed by atoms with Gasteiger partial charge in [0.2, 0.25) is 0 Å². The molecule has 88 valence electrons. The zero-order valence-electron chi connectivity index (χ0n) is 9.65. The molecule has 4 heteroatoms. The first-order chi connectivity index (χ1) is 8.00. The summed E-state index contributed by atoms with van der Waals surface area (Å²) in [6.07, 6.45) is 1.69. The number of aromatic nitrogens is 1. The van der Waals surface area contributed by atoms with Gasteiger partial charge in [0.05, 0.1) is 5.56 Å². The number of fused-ring (bicyclic) bond motifs is 1. The molecule has 1 aromatic carbocycles. The van der Waals surface area contributed by atoms with Crippen molar-refractivity contribution in [3.05, 3.63) is 45.9 Å². The van der Waals surface area contributed by atoms with Gasteiger partial charge in [-0.05, 0) is 29.0 Å². The molecule has 0 aliphatic carbocycles. The van der Waals surface area contributed by atoms with Crippen LogP contribution < -0.4 is 5.56 Å². The summed E-state index contributed by atoms with van der Waals surface area (Å²) in [5, 5.41) is 10.1. The van der Waals surface area contributed by atoms with E-state index in [2.05, 4.69) is 4.98 Å². The van der Waals surface area contributed by atoms with Crippen LogP contribution in [0.2, 0.25) is 0 Å². The number of hydrogen-bond donors (Lipinski definition) is 2. The van der Waals surface area contributed by atoms with Gasteiger partial charge < -0.3 is 10.1 Å². The Bertz CT molecular complexity index is 641. The first-order valence-corrected chi connectivity index (χ1v) is 5.39. The molecule has 0 aliphatic rings. The zero-order chi connectivity index (χ0) is 12.6. The average molecular weight is 231 g/mol. The lowest BCUT2D eigenvalue weighted by Crippen LogP contribution is -2.09. The number of carbonyl (C=O) groups is 1. The van der Waals surface area contributed by atoms with Gasteiger partial charge in [-0.25, -0.2) is 4.79 Å². The first kappa shape index (κ1) is 11.4. The molecule has 0 spiro atoms. The molecule has 0 bridgehead atoms. The van der Waals surface area contributed by atoms with E-state index in [1.165, 1.54) is 12.1 Å². The maximum atomic E-state index is 11.7. The molecule has 0 unspecified atom stereocenters. The van der Waals surface area contributed by atoms with E-state index < -0.39 is 5.97 Å². The number of carboxylic acid groups (broad SMARTS) is 1. The topological polar surface area (TPSA) is 70.2 Å². The molecule has 0 aliphatic heterocycles. The van der Waals surface area contributed by atoms with Crippen LogP contribution in [0.15, 0.2) is 29.2 Å². The summed E-state index contributed by atoms with van der Waals surface area (Å²) in [7, 11) is 0. The summed E-state index contributed by atoms with van der Waals surface area (Å²) in [6.45, 7) is 4.05. The van der Waals surface area contributed by atoms with Gasteiger partial charge in [-0.1, -0.05) is 19.9 Å². The van der Waals surface area contributed by atoms with Gasteiger partial charge in [0.1, 0.15) is 0 Å². The van der Waals surface area contributed by atoms with Gasteiger partial charge in [0, 0.05) is 11.6 Å². The van der Waals surface area contributed by atoms with Crippen molar-refractivity contribution in [2.24, 2.45) is 0 Å². The van der Waals surface area contributed by atoms with Crippen LogP contribution in [-0.4, -0.2) is 16.1 Å². The van der Waals surface area contributed by atoms with Crippen molar-refractivity contribution in [1.82, 2.24) is 4.98 Å². The number of aromatic amines is 1. The predicted molar refractivity (Wildman–Crippen MR) is 65.6 cm³/mol. The number of nitrogens with one attached hydrogen (secondary N) is 1. The van der Waals surface area contributed by atoms with E-state index in [0.29, 0.717) is 5.39 Å². The van der Waals surface area contributed by atoms with Gasteiger partial charge in [-0.2, -0.15) is 0 Å². The van der Waals surface area contributed by atoms with E-state index in [9.17, 15) is 9.59 Å². The number of H-pyrrole nitrogens is 1. The molecule has 0 radical (unpaired) electrons. The lowest BCUT2D eigenvalue weighted by atomic mass is 9.97. The second-order valence-electron chi connectivity index (χ2n) is 4.29. The van der Waals surface area contributed by atoms with Crippen molar-refractivity contribution in [2.75, 3.05) is 0 Å². The second-order valence-corrected chi connectivity index (χ2v) is 4.29. The van der Waals surface area contributed by atoms with Crippen molar-refractivity contribution in [3.63, 3.8) is 0 Å². The van der Waals surface area contributed by atoms with E-state index in [0.717, 1.165) is 10.9 Å². The van der Waals surface area contributed by atoms with Crippen molar-refractivity contribution >= 4 is 16.7 Å². The van der Waals surface area contributed by atoms with Gasteiger partial charge in [-0.15, -0.1) is 0 Å². The summed E-state index contributed by atoms with van der Waals surface area (Å²) in [5.41, 5.74) is 0.882. The number of pyridine rings is 1. The number of benzene rings is 1. The number of hydrogen-bond acceptors (Lipinski definition) is 2. The fourth-order valence-corrected chi connectivity index (χ4v) is 1.89. The van der Waals surface area contributed by atoms with Crippen molar-refractivity contribution < 1.29 is 9.90 Å². The Kier molecular flexibility index (Phi) is 2.71. The molecule has 17 heavy (non-hydrogen) atoms. The summed E-state index contributed by atoms with van der Waals surface area (Å²) >= 11 is 0. The molecule has 0 fully saturated rings. The molecule has 2 aromatic rings. The van der Waals surface area contributed by atoms with E-state index in [-0.39, 0.29) is 17.0 Å². The normalized spacial score (nSPS) is 11.0. The predicted octanol–water partition coefficient (Wildman–Crippen LogP) is 2.35. The molecule has 1 aromatic heterocycles. The fraction of sp³-hybridized carbons (Fsp3) is 0.231. The Labute approximate surface area is 97.9 Å². The van der Waals surface area contributed by atoms with E-state index >= 15 is 0 Å². The molecule has 0 saturated heterocycles. The highest BCUT2D eigenvalue weighted by Crippen LogP contribution is 2.23. The first-order valence-electron chi connectivity index (χ1n) is 5.39. The Balaban J connectivity index is 2.82. The fourth-order valence-electron chi connectivity index (χ4n) is 1.89. The SMILES string of the molecule is CC(C)c1c[nH]c(=O)c2cc(C(=O)O)ccc12. The minimum atomic E-state index is -1.03. The van der Waals surface area contributed by atoms with Crippen LogP contribution in [-0.2, 0) is 0 Å². The van der Waals surface area contributed by atoms with Crippen LogP contribution >= 0.6 is 0 Å². The van der Waals surface area contributed by atoms with Crippen LogP contribution in [0.1, 0.15) is 35.7 Å². The largest absolute Gasteiger partial charge is 0.478 e. The number of carboxylic acids is 1. The lowest BCUT2D eigenvalue weighted by molar-refractivity contribution is 0.0697. The van der Waals surface area contributed by atoms with Crippen LogP contribution in [0.5, 0.6) is 0 Å². The Morgan fingerprint density at radius 3 is 2.59 bits per heavy atom. The van der Waals surface area contributed by atoms with Gasteiger partial charge in [0.15, 0.2) is 0 Å². The summed E-state index contributed by atoms with van der Waals surface area (Å²) in [6, 6.07) is 4.64. The third-order valence-corrected chi connectivity index (χ3v) is 2.80. The monoisotopic (exact) mass is 231 g/mol. The molecular formula is C13H13NO3. The zero-order valence-corrected chi connectivity index (χ0v) is 9.65. The smallest absolute Gasteiger partial charge is 0.335 e. The third-order valence-electron chi connectivity index (χ3n) is 2.80. The minimum Gasteiger partial charge on any atom is -0.478 e. The van der Waals surface area contributed by atoms with Crippen LogP contribution in [0.3, 0.4) is 0 Å². The summed E-state index contributed by atoms with van der Waals surface area (Å²) in [5.74, 6) is -0.758. The summed E-state index contributed by atoms with van der Waals surface area (Å²) in [4.78, 5) is 25.2. The number of aromatic carboxylic acids is 1. The van der Waals surface area contributed by atoms with Crippen molar-refractivity contribution in [2.45, 2.75) is 19.8 Å². The molecule has 0 amide bonds. The van der Waals surface area contributed by atoms with E-state index in [4.69, 9.17) is 5.11 Å². The van der Waals surface area contributed by atoms with E-state index in [1.54, 1.807) is 12.3 Å². The standard InChI is InChI=1S/C13H13NO3/c1-7(2)11-6-14-12(15)10-5-8(13(16)17)3-4-9(10)11/h3-7H,1-2H3,(H,14,15)(H,16,17).